The zero-order chi connectivity index (χ0) is 10.6. The first-order valence-corrected chi connectivity index (χ1v) is 6.37. The van der Waals surface area contributed by atoms with Crippen LogP contribution in [0, 0.1) is 17.3 Å². The third-order valence-corrected chi connectivity index (χ3v) is 3.50. The minimum Gasteiger partial charge on any atom is -0.303 e. The molecular formula is C12H21NS. The molecule has 0 aromatic carbocycles. The van der Waals surface area contributed by atoms with E-state index in [1.807, 2.05) is 0 Å². The Morgan fingerprint density at radius 2 is 2.14 bits per heavy atom. The molecule has 1 heterocycles. The molecule has 0 saturated carbocycles. The summed E-state index contributed by atoms with van der Waals surface area (Å²) in [5, 5.41) is 4.31. The fraction of sp³-hybridized carbons (Fsp3) is 0.833. The first-order chi connectivity index (χ1) is 6.47. The van der Waals surface area contributed by atoms with Crippen molar-refractivity contribution < 1.29 is 0 Å². The Bertz CT molecular complexity index is 231. The maximum Gasteiger partial charge on any atom is 0.0579 e. The zero-order valence-corrected chi connectivity index (χ0v) is 10.5. The smallest absolute Gasteiger partial charge is 0.0579 e. The molecule has 1 N–H and O–H groups in total. The van der Waals surface area contributed by atoms with E-state index in [0.29, 0.717) is 6.04 Å². The van der Waals surface area contributed by atoms with E-state index in [1.165, 1.54) is 12.2 Å². The Morgan fingerprint density at radius 1 is 1.43 bits per heavy atom. The van der Waals surface area contributed by atoms with Crippen LogP contribution in [0.5, 0.6) is 0 Å². The highest BCUT2D eigenvalue weighted by molar-refractivity contribution is 8.00. The first-order valence-electron chi connectivity index (χ1n) is 5.32. The fourth-order valence-corrected chi connectivity index (χ4v) is 2.65. The third-order valence-electron chi connectivity index (χ3n) is 2.14. The molecule has 2 heteroatoms. The molecule has 0 bridgehead atoms. The molecule has 2 atom stereocenters. The number of hydrogen-bond acceptors (Lipinski definition) is 2. The van der Waals surface area contributed by atoms with Gasteiger partial charge in [-0.3, -0.25) is 0 Å². The molecule has 80 valence electrons. The van der Waals surface area contributed by atoms with Crippen molar-refractivity contribution in [2.75, 3.05) is 12.3 Å². The Morgan fingerprint density at radius 3 is 2.64 bits per heavy atom. The topological polar surface area (TPSA) is 12.0 Å². The number of hydrogen-bond donors (Lipinski definition) is 1. The van der Waals surface area contributed by atoms with E-state index in [0.717, 1.165) is 11.8 Å². The lowest BCUT2D eigenvalue weighted by atomic mass is 9.98. The van der Waals surface area contributed by atoms with E-state index in [4.69, 9.17) is 0 Å². The molecule has 0 amide bonds. The van der Waals surface area contributed by atoms with Crippen molar-refractivity contribution in [2.45, 2.75) is 45.4 Å². The molecule has 2 unspecified atom stereocenters. The predicted octanol–water partition coefficient (Wildman–Crippen LogP) is 2.52. The van der Waals surface area contributed by atoms with Crippen LogP contribution in [0.3, 0.4) is 0 Å². The molecule has 0 aromatic heterocycles. The lowest BCUT2D eigenvalue weighted by Gasteiger charge is -2.09. The average Bonchev–Trinajstić information content (AvgIpc) is 2.44. The minimum absolute atomic E-state index is 0.138. The third kappa shape index (κ3) is 4.93. The second-order valence-corrected chi connectivity index (χ2v) is 6.48. The highest BCUT2D eigenvalue weighted by Gasteiger charge is 2.20. The molecule has 0 aromatic rings. The maximum atomic E-state index is 3.49. The van der Waals surface area contributed by atoms with Gasteiger partial charge in [0.25, 0.3) is 0 Å². The van der Waals surface area contributed by atoms with Gasteiger partial charge in [0.2, 0.25) is 0 Å². The summed E-state index contributed by atoms with van der Waals surface area (Å²) in [6.45, 7) is 9.58. The van der Waals surface area contributed by atoms with E-state index in [9.17, 15) is 0 Å². The maximum absolute atomic E-state index is 3.49. The molecule has 0 spiro atoms. The summed E-state index contributed by atoms with van der Waals surface area (Å²) in [4.78, 5) is 0. The molecule has 0 radical (unpaired) electrons. The lowest BCUT2D eigenvalue weighted by Crippen LogP contribution is -2.29. The molecule has 1 nitrogen and oxygen atoms in total. The molecule has 0 aliphatic carbocycles. The van der Waals surface area contributed by atoms with Gasteiger partial charge in [-0.25, -0.2) is 0 Å². The predicted molar refractivity (Wildman–Crippen MR) is 65.6 cm³/mol. The van der Waals surface area contributed by atoms with Crippen LogP contribution in [0.1, 0.15) is 34.1 Å². The monoisotopic (exact) mass is 211 g/mol. The van der Waals surface area contributed by atoms with Crippen molar-refractivity contribution in [1.29, 1.82) is 0 Å². The summed E-state index contributed by atoms with van der Waals surface area (Å²) in [5.41, 5.74) is 0.138. The van der Waals surface area contributed by atoms with E-state index in [1.54, 1.807) is 0 Å². The fourth-order valence-electron chi connectivity index (χ4n) is 1.46. The molecule has 1 rings (SSSR count). The number of rotatable bonds is 2. The average molecular weight is 211 g/mol. The van der Waals surface area contributed by atoms with Crippen molar-refractivity contribution in [1.82, 2.24) is 5.32 Å². The van der Waals surface area contributed by atoms with Crippen molar-refractivity contribution in [3.8, 4) is 11.8 Å². The first kappa shape index (κ1) is 11.9. The number of nitrogens with one attached hydrogen (secondary N) is 1. The van der Waals surface area contributed by atoms with Crippen LogP contribution in [0.25, 0.3) is 0 Å². The summed E-state index contributed by atoms with van der Waals surface area (Å²) < 4.78 is 0. The van der Waals surface area contributed by atoms with E-state index in [2.05, 4.69) is 56.6 Å². The van der Waals surface area contributed by atoms with Crippen LogP contribution in [0.15, 0.2) is 0 Å². The van der Waals surface area contributed by atoms with Gasteiger partial charge in [-0.2, -0.15) is 11.8 Å². The van der Waals surface area contributed by atoms with Gasteiger partial charge in [-0.05, 0) is 27.2 Å². The largest absolute Gasteiger partial charge is 0.303 e. The summed E-state index contributed by atoms with van der Waals surface area (Å²) in [6, 6.07) is 0.685. The van der Waals surface area contributed by atoms with Crippen LogP contribution in [0.4, 0.5) is 0 Å². The van der Waals surface area contributed by atoms with Gasteiger partial charge < -0.3 is 5.32 Å². The van der Waals surface area contributed by atoms with Gasteiger partial charge in [-0.15, -0.1) is 0 Å². The lowest BCUT2D eigenvalue weighted by molar-refractivity contribution is 0.561. The molecular weight excluding hydrogens is 190 g/mol. The van der Waals surface area contributed by atoms with Crippen LogP contribution < -0.4 is 5.32 Å². The zero-order valence-electron chi connectivity index (χ0n) is 9.68. The Labute approximate surface area is 92.4 Å². The van der Waals surface area contributed by atoms with Gasteiger partial charge in [0.05, 0.1) is 6.54 Å². The van der Waals surface area contributed by atoms with Gasteiger partial charge in [0, 0.05) is 22.5 Å². The number of thioether (sulfide) groups is 1. The van der Waals surface area contributed by atoms with Gasteiger partial charge in [0.1, 0.15) is 0 Å². The Balaban J connectivity index is 2.18. The highest BCUT2D eigenvalue weighted by Crippen LogP contribution is 2.25. The van der Waals surface area contributed by atoms with Gasteiger partial charge >= 0.3 is 0 Å². The van der Waals surface area contributed by atoms with Crippen molar-refractivity contribution in [2.24, 2.45) is 5.41 Å². The van der Waals surface area contributed by atoms with Gasteiger partial charge in [-0.1, -0.05) is 18.8 Å². The van der Waals surface area contributed by atoms with E-state index >= 15 is 0 Å². The van der Waals surface area contributed by atoms with Gasteiger partial charge in [0.15, 0.2) is 0 Å². The molecule has 1 aliphatic heterocycles. The van der Waals surface area contributed by atoms with Crippen LogP contribution >= 0.6 is 11.8 Å². The normalized spacial score (nSPS) is 27.1. The summed E-state index contributed by atoms with van der Waals surface area (Å²) >= 11 is 2.06. The summed E-state index contributed by atoms with van der Waals surface area (Å²) in [7, 11) is 0. The van der Waals surface area contributed by atoms with Crippen LogP contribution in [-0.2, 0) is 0 Å². The SMILES string of the molecule is CC1CC(NCC#CC(C)(C)C)CS1. The Kier molecular flexibility index (Phi) is 4.34. The second kappa shape index (κ2) is 5.09. The molecule has 1 fully saturated rings. The quantitative estimate of drug-likeness (QED) is 0.704. The minimum atomic E-state index is 0.138. The van der Waals surface area contributed by atoms with Crippen molar-refractivity contribution in [3.05, 3.63) is 0 Å². The summed E-state index contributed by atoms with van der Waals surface area (Å²) in [6.07, 6.45) is 1.29. The van der Waals surface area contributed by atoms with Crippen molar-refractivity contribution in [3.63, 3.8) is 0 Å². The Hall–Kier alpha value is -0.130. The summed E-state index contributed by atoms with van der Waals surface area (Å²) in [5.74, 6) is 7.68. The van der Waals surface area contributed by atoms with Crippen LogP contribution in [0.2, 0.25) is 0 Å². The molecule has 1 aliphatic rings. The second-order valence-electron chi connectivity index (χ2n) is 5.01. The standard InChI is InChI=1S/C12H21NS/c1-10-8-11(9-14-10)13-7-5-6-12(2,3)4/h10-11,13H,7-9H2,1-4H3. The highest BCUT2D eigenvalue weighted by atomic mass is 32.2. The molecule has 14 heavy (non-hydrogen) atoms. The molecule has 1 saturated heterocycles. The van der Waals surface area contributed by atoms with Crippen LogP contribution in [-0.4, -0.2) is 23.6 Å². The van der Waals surface area contributed by atoms with E-state index in [-0.39, 0.29) is 5.41 Å². The van der Waals surface area contributed by atoms with Crippen molar-refractivity contribution >= 4 is 11.8 Å². The van der Waals surface area contributed by atoms with E-state index < -0.39 is 0 Å².